The van der Waals surface area contributed by atoms with Gasteiger partial charge in [-0.25, -0.2) is 9.59 Å². The Hall–Kier alpha value is 0.680. The summed E-state index contributed by atoms with van der Waals surface area (Å²) in [5.74, 6) is -2.92. The molecule has 0 saturated heterocycles. The molecule has 0 rings (SSSR count). The van der Waals surface area contributed by atoms with Gasteiger partial charge in [0.2, 0.25) is 0 Å². The molecule has 0 saturated carbocycles. The molecule has 0 aromatic rings. The van der Waals surface area contributed by atoms with Crippen LogP contribution in [0.1, 0.15) is 0 Å². The zero-order valence-corrected chi connectivity index (χ0v) is 10.5. The van der Waals surface area contributed by atoms with Crippen LogP contribution in [0.3, 0.4) is 0 Å². The first-order valence-electron chi connectivity index (χ1n) is 2.49. The lowest BCUT2D eigenvalue weighted by molar-refractivity contribution is -0.136. The van der Waals surface area contributed by atoms with Gasteiger partial charge in [-0.15, -0.1) is 0 Å². The van der Waals surface area contributed by atoms with Gasteiger partial charge >= 0.3 is 11.9 Å². The lowest BCUT2D eigenvalue weighted by Gasteiger charge is -1.99. The number of aliphatic carboxylic acids is 2. The molecule has 0 aromatic heterocycles. The number of carboxylic acids is 2. The van der Waals surface area contributed by atoms with Gasteiger partial charge in [-0.05, 0) is 0 Å². The summed E-state index contributed by atoms with van der Waals surface area (Å²) < 4.78 is -4.33. The molecule has 0 amide bonds. The molecular formula is C4H2Cl6O4. The summed E-state index contributed by atoms with van der Waals surface area (Å²) in [6.07, 6.45) is 0. The minimum Gasteiger partial charge on any atom is -0.478 e. The van der Waals surface area contributed by atoms with E-state index in [1.54, 1.807) is 0 Å². The lowest BCUT2D eigenvalue weighted by Crippen LogP contribution is -2.16. The van der Waals surface area contributed by atoms with Gasteiger partial charge in [0.15, 0.2) is 0 Å². The Morgan fingerprint density at radius 2 is 0.786 bits per heavy atom. The monoisotopic (exact) mass is 324 g/mol. The highest BCUT2D eigenvalue weighted by molar-refractivity contribution is 6.76. The van der Waals surface area contributed by atoms with Gasteiger partial charge in [-0.1, -0.05) is 69.6 Å². The molecule has 0 heterocycles. The predicted molar refractivity (Wildman–Crippen MR) is 55.9 cm³/mol. The molecule has 0 spiro atoms. The van der Waals surface area contributed by atoms with Gasteiger partial charge in [-0.2, -0.15) is 0 Å². The zero-order valence-electron chi connectivity index (χ0n) is 5.98. The third-order valence-corrected chi connectivity index (χ3v) is 1.46. The van der Waals surface area contributed by atoms with Gasteiger partial charge in [0.05, 0.1) is 0 Å². The van der Waals surface area contributed by atoms with E-state index >= 15 is 0 Å². The van der Waals surface area contributed by atoms with E-state index in [1.165, 1.54) is 0 Å². The van der Waals surface area contributed by atoms with Crippen LogP contribution >= 0.6 is 69.6 Å². The molecule has 0 atom stereocenters. The first-order chi connectivity index (χ1) is 5.89. The Kier molecular flexibility index (Phi) is 7.69. The zero-order chi connectivity index (χ0) is 12.2. The second-order valence-electron chi connectivity index (χ2n) is 1.61. The summed E-state index contributed by atoms with van der Waals surface area (Å²) in [5, 5.41) is 15.7. The van der Waals surface area contributed by atoms with E-state index in [0.29, 0.717) is 0 Å². The number of carboxylic acid groups (broad SMARTS) is 2. The highest BCUT2D eigenvalue weighted by atomic mass is 35.6. The number of halogens is 6. The van der Waals surface area contributed by atoms with Crippen molar-refractivity contribution in [3.63, 3.8) is 0 Å². The van der Waals surface area contributed by atoms with Crippen LogP contribution in [0.5, 0.6) is 0 Å². The lowest BCUT2D eigenvalue weighted by atomic mass is 10.8. The predicted octanol–water partition coefficient (Wildman–Crippen LogP) is 2.88. The molecule has 0 radical (unpaired) electrons. The first kappa shape index (κ1) is 17.1. The van der Waals surface area contributed by atoms with Crippen molar-refractivity contribution in [3.05, 3.63) is 0 Å². The van der Waals surface area contributed by atoms with Crippen molar-refractivity contribution in [3.8, 4) is 0 Å². The molecule has 0 aliphatic carbocycles. The molecule has 0 fully saturated rings. The number of carbonyl (C=O) groups is 2. The third kappa shape index (κ3) is 10.8. The van der Waals surface area contributed by atoms with E-state index in [-0.39, 0.29) is 0 Å². The maximum atomic E-state index is 9.62. The van der Waals surface area contributed by atoms with Crippen molar-refractivity contribution >= 4 is 81.5 Å². The summed E-state index contributed by atoms with van der Waals surface area (Å²) >= 11 is 28.8. The molecule has 0 aliphatic heterocycles. The van der Waals surface area contributed by atoms with Gasteiger partial charge in [0.25, 0.3) is 7.59 Å². The fourth-order valence-electron chi connectivity index (χ4n) is 0. The topological polar surface area (TPSA) is 74.6 Å². The second kappa shape index (κ2) is 6.30. The van der Waals surface area contributed by atoms with Crippen LogP contribution in [0.2, 0.25) is 0 Å². The van der Waals surface area contributed by atoms with Crippen molar-refractivity contribution in [2.24, 2.45) is 0 Å². The van der Waals surface area contributed by atoms with Crippen LogP contribution in [-0.2, 0) is 9.59 Å². The van der Waals surface area contributed by atoms with Crippen LogP contribution in [-0.4, -0.2) is 29.7 Å². The average Bonchev–Trinajstić information content (AvgIpc) is 1.83. The largest absolute Gasteiger partial charge is 0.478 e. The van der Waals surface area contributed by atoms with Crippen molar-refractivity contribution in [2.45, 2.75) is 7.59 Å². The number of hydrogen-bond donors (Lipinski definition) is 2. The molecule has 0 unspecified atom stereocenters. The van der Waals surface area contributed by atoms with E-state index in [1.807, 2.05) is 0 Å². The first-order valence-corrected chi connectivity index (χ1v) is 4.76. The van der Waals surface area contributed by atoms with Crippen LogP contribution < -0.4 is 0 Å². The molecule has 2 N–H and O–H groups in total. The fourth-order valence-corrected chi connectivity index (χ4v) is 0. The summed E-state index contributed by atoms with van der Waals surface area (Å²) in [6, 6.07) is 0. The minimum atomic E-state index is -2.17. The van der Waals surface area contributed by atoms with Gasteiger partial charge in [0.1, 0.15) is 0 Å². The van der Waals surface area contributed by atoms with Crippen molar-refractivity contribution in [1.29, 1.82) is 0 Å². The quantitative estimate of drug-likeness (QED) is 0.671. The molecule has 84 valence electrons. The molecule has 0 bridgehead atoms. The van der Waals surface area contributed by atoms with Gasteiger partial charge < -0.3 is 10.2 Å². The van der Waals surface area contributed by atoms with Crippen LogP contribution in [0.15, 0.2) is 0 Å². The molecule has 0 aromatic carbocycles. The molecular weight excluding hydrogens is 325 g/mol. The Morgan fingerprint density at radius 1 is 0.714 bits per heavy atom. The normalized spacial score (nSPS) is 11.3. The smallest absolute Gasteiger partial charge is 0.356 e. The van der Waals surface area contributed by atoms with Crippen molar-refractivity contribution in [1.82, 2.24) is 0 Å². The molecule has 10 heteroatoms. The maximum Gasteiger partial charge on any atom is 0.356 e. The number of rotatable bonds is 0. The Morgan fingerprint density at radius 3 is 0.786 bits per heavy atom. The molecule has 4 nitrogen and oxygen atoms in total. The van der Waals surface area contributed by atoms with E-state index in [2.05, 4.69) is 0 Å². The van der Waals surface area contributed by atoms with Crippen molar-refractivity contribution in [2.75, 3.05) is 0 Å². The molecule has 0 aliphatic rings. The standard InChI is InChI=1S/2C2HCl3O2/c2*3-2(4,5)1(6)7/h2*(H,6,7). The van der Waals surface area contributed by atoms with Gasteiger partial charge in [-0.3, -0.25) is 0 Å². The fraction of sp³-hybridized carbons (Fsp3) is 0.500. The Labute approximate surface area is 109 Å². The summed E-state index contributed by atoms with van der Waals surface area (Å²) in [7, 11) is 0. The maximum absolute atomic E-state index is 9.62. The molecule has 14 heavy (non-hydrogen) atoms. The highest BCUT2D eigenvalue weighted by Gasteiger charge is 2.30. The van der Waals surface area contributed by atoms with Crippen molar-refractivity contribution < 1.29 is 19.8 Å². The second-order valence-corrected chi connectivity index (χ2v) is 6.17. The van der Waals surface area contributed by atoms with Crippen LogP contribution in [0, 0.1) is 0 Å². The number of alkyl halides is 6. The van der Waals surface area contributed by atoms with Crippen LogP contribution in [0.4, 0.5) is 0 Å². The van der Waals surface area contributed by atoms with Crippen LogP contribution in [0.25, 0.3) is 0 Å². The summed E-state index contributed by atoms with van der Waals surface area (Å²) in [4.78, 5) is 19.2. The van der Waals surface area contributed by atoms with E-state index in [9.17, 15) is 9.59 Å². The summed E-state index contributed by atoms with van der Waals surface area (Å²) in [6.45, 7) is 0. The number of hydrogen-bond acceptors (Lipinski definition) is 2. The minimum absolute atomic E-state index is 1.46. The Bertz CT molecular complexity index is 191. The summed E-state index contributed by atoms with van der Waals surface area (Å²) in [5.41, 5.74) is 0. The van der Waals surface area contributed by atoms with Gasteiger partial charge in [0, 0.05) is 0 Å². The third-order valence-electron chi connectivity index (χ3n) is 0.485. The SMILES string of the molecule is O=C(O)C(Cl)(Cl)Cl.O=C(O)C(Cl)(Cl)Cl. The Balaban J connectivity index is 0. The average molecular weight is 327 g/mol. The van der Waals surface area contributed by atoms with E-state index < -0.39 is 19.5 Å². The van der Waals surface area contributed by atoms with E-state index in [4.69, 9.17) is 79.8 Å². The highest BCUT2D eigenvalue weighted by Crippen LogP contribution is 2.25. The van der Waals surface area contributed by atoms with E-state index in [0.717, 1.165) is 0 Å².